The van der Waals surface area contributed by atoms with Gasteiger partial charge in [0.25, 0.3) is 0 Å². The maximum absolute atomic E-state index is 3.52. The summed E-state index contributed by atoms with van der Waals surface area (Å²) in [5.74, 6) is 2.22. The lowest BCUT2D eigenvalue weighted by Crippen LogP contribution is -2.35. The van der Waals surface area contributed by atoms with E-state index >= 15 is 0 Å². The summed E-state index contributed by atoms with van der Waals surface area (Å²) in [5.41, 5.74) is 3.00. The Balaban J connectivity index is 2.15. The average Bonchev–Trinajstić information content (AvgIpc) is 2.39. The van der Waals surface area contributed by atoms with Crippen molar-refractivity contribution in [2.24, 2.45) is 5.92 Å². The van der Waals surface area contributed by atoms with Gasteiger partial charge in [0.1, 0.15) is 0 Å². The number of hydrogen-bond acceptors (Lipinski definition) is 1. The van der Waals surface area contributed by atoms with E-state index in [1.807, 2.05) is 0 Å². The van der Waals surface area contributed by atoms with Gasteiger partial charge in [0.05, 0.1) is 0 Å². The molecule has 2 rings (SSSR count). The minimum atomic E-state index is 0.638. The Morgan fingerprint density at radius 3 is 2.53 bits per heavy atom. The first-order chi connectivity index (χ1) is 8.22. The number of piperidine rings is 1. The number of nitrogens with one attached hydrogen (secondary N) is 1. The molecule has 1 saturated heterocycles. The third-order valence-electron chi connectivity index (χ3n) is 4.16. The molecule has 1 nitrogen and oxygen atoms in total. The molecule has 17 heavy (non-hydrogen) atoms. The van der Waals surface area contributed by atoms with Crippen LogP contribution < -0.4 is 5.32 Å². The molecule has 0 saturated carbocycles. The standard InChI is InChI=1S/C16H25N/c1-4-13-11-17-10-9-16(13)15-7-5-14(6-8-15)12(2)3/h5-8,12-13,16-17H,4,9-11H2,1-3H3. The van der Waals surface area contributed by atoms with Crippen molar-refractivity contribution in [2.45, 2.75) is 45.4 Å². The summed E-state index contributed by atoms with van der Waals surface area (Å²) in [6.45, 7) is 9.19. The maximum atomic E-state index is 3.52. The minimum Gasteiger partial charge on any atom is -0.316 e. The van der Waals surface area contributed by atoms with Crippen molar-refractivity contribution in [3.05, 3.63) is 35.4 Å². The van der Waals surface area contributed by atoms with Gasteiger partial charge in [-0.05, 0) is 48.4 Å². The SMILES string of the molecule is CCC1CNCCC1c1ccc(C(C)C)cc1. The number of benzene rings is 1. The van der Waals surface area contributed by atoms with Gasteiger partial charge in [0.2, 0.25) is 0 Å². The molecule has 1 aromatic carbocycles. The summed E-state index contributed by atoms with van der Waals surface area (Å²) in [4.78, 5) is 0. The maximum Gasteiger partial charge on any atom is -0.00148 e. The monoisotopic (exact) mass is 231 g/mol. The van der Waals surface area contributed by atoms with E-state index in [4.69, 9.17) is 0 Å². The van der Waals surface area contributed by atoms with Crippen LogP contribution in [0.15, 0.2) is 24.3 Å². The fourth-order valence-corrected chi connectivity index (χ4v) is 2.92. The van der Waals surface area contributed by atoms with Gasteiger partial charge in [-0.2, -0.15) is 0 Å². The summed E-state index contributed by atoms with van der Waals surface area (Å²) in [6, 6.07) is 9.34. The number of rotatable bonds is 3. The van der Waals surface area contributed by atoms with Crippen LogP contribution in [0.5, 0.6) is 0 Å². The van der Waals surface area contributed by atoms with Crippen molar-refractivity contribution in [1.82, 2.24) is 5.32 Å². The summed E-state index contributed by atoms with van der Waals surface area (Å²) < 4.78 is 0. The highest BCUT2D eigenvalue weighted by molar-refractivity contribution is 5.28. The first-order valence-corrected chi connectivity index (χ1v) is 7.03. The molecule has 0 radical (unpaired) electrons. The lowest BCUT2D eigenvalue weighted by atomic mass is 9.79. The quantitative estimate of drug-likeness (QED) is 0.831. The van der Waals surface area contributed by atoms with Gasteiger partial charge >= 0.3 is 0 Å². The van der Waals surface area contributed by atoms with Crippen LogP contribution >= 0.6 is 0 Å². The zero-order valence-electron chi connectivity index (χ0n) is 11.4. The Morgan fingerprint density at radius 2 is 1.94 bits per heavy atom. The predicted molar refractivity (Wildman–Crippen MR) is 74.5 cm³/mol. The van der Waals surface area contributed by atoms with Gasteiger partial charge < -0.3 is 5.32 Å². The third kappa shape index (κ3) is 2.90. The molecule has 94 valence electrons. The molecule has 0 bridgehead atoms. The first kappa shape index (κ1) is 12.6. The lowest BCUT2D eigenvalue weighted by Gasteiger charge is -2.32. The second-order valence-electron chi connectivity index (χ2n) is 5.59. The average molecular weight is 231 g/mol. The first-order valence-electron chi connectivity index (χ1n) is 7.03. The Labute approximate surface area is 106 Å². The van der Waals surface area contributed by atoms with Crippen molar-refractivity contribution < 1.29 is 0 Å². The minimum absolute atomic E-state index is 0.638. The molecule has 1 N–H and O–H groups in total. The molecule has 0 spiro atoms. The molecule has 1 heterocycles. The van der Waals surface area contributed by atoms with Crippen LogP contribution in [0.1, 0.15) is 56.6 Å². The molecule has 1 aliphatic heterocycles. The summed E-state index contributed by atoms with van der Waals surface area (Å²) in [5, 5.41) is 3.52. The molecule has 1 fully saturated rings. The molecule has 2 unspecified atom stereocenters. The van der Waals surface area contributed by atoms with Gasteiger partial charge in [-0.25, -0.2) is 0 Å². The van der Waals surface area contributed by atoms with Gasteiger partial charge in [-0.1, -0.05) is 51.5 Å². The topological polar surface area (TPSA) is 12.0 Å². The van der Waals surface area contributed by atoms with Crippen LogP contribution in [0.25, 0.3) is 0 Å². The molecule has 1 aromatic rings. The van der Waals surface area contributed by atoms with Crippen LogP contribution in [0.3, 0.4) is 0 Å². The van der Waals surface area contributed by atoms with Crippen molar-refractivity contribution in [2.75, 3.05) is 13.1 Å². The van der Waals surface area contributed by atoms with Crippen molar-refractivity contribution >= 4 is 0 Å². The van der Waals surface area contributed by atoms with E-state index < -0.39 is 0 Å². The van der Waals surface area contributed by atoms with Crippen molar-refractivity contribution in [3.8, 4) is 0 Å². The van der Waals surface area contributed by atoms with Crippen LogP contribution in [-0.4, -0.2) is 13.1 Å². The zero-order valence-corrected chi connectivity index (χ0v) is 11.4. The Hall–Kier alpha value is -0.820. The molecule has 1 aliphatic rings. The smallest absolute Gasteiger partial charge is 0.00148 e. The molecule has 1 heteroatoms. The van der Waals surface area contributed by atoms with Crippen molar-refractivity contribution in [1.29, 1.82) is 0 Å². The largest absolute Gasteiger partial charge is 0.316 e. The van der Waals surface area contributed by atoms with Gasteiger partial charge in [0.15, 0.2) is 0 Å². The molecule has 2 atom stereocenters. The van der Waals surface area contributed by atoms with Crippen LogP contribution in [0, 0.1) is 5.92 Å². The van der Waals surface area contributed by atoms with E-state index in [2.05, 4.69) is 50.4 Å². The fraction of sp³-hybridized carbons (Fsp3) is 0.625. The lowest BCUT2D eigenvalue weighted by molar-refractivity contribution is 0.318. The molecule has 0 aliphatic carbocycles. The third-order valence-corrected chi connectivity index (χ3v) is 4.16. The van der Waals surface area contributed by atoms with Crippen LogP contribution in [0.4, 0.5) is 0 Å². The number of hydrogen-bond donors (Lipinski definition) is 1. The Morgan fingerprint density at radius 1 is 1.24 bits per heavy atom. The predicted octanol–water partition coefficient (Wildman–Crippen LogP) is 3.91. The van der Waals surface area contributed by atoms with Crippen LogP contribution in [0.2, 0.25) is 0 Å². The molecule has 0 aromatic heterocycles. The zero-order chi connectivity index (χ0) is 12.3. The molecular weight excluding hydrogens is 206 g/mol. The summed E-state index contributed by atoms with van der Waals surface area (Å²) in [6.07, 6.45) is 2.57. The van der Waals surface area contributed by atoms with Gasteiger partial charge in [-0.3, -0.25) is 0 Å². The van der Waals surface area contributed by atoms with E-state index in [1.165, 1.54) is 31.5 Å². The summed E-state index contributed by atoms with van der Waals surface area (Å²) in [7, 11) is 0. The fourth-order valence-electron chi connectivity index (χ4n) is 2.92. The van der Waals surface area contributed by atoms with E-state index in [-0.39, 0.29) is 0 Å². The van der Waals surface area contributed by atoms with Crippen molar-refractivity contribution in [3.63, 3.8) is 0 Å². The highest BCUT2D eigenvalue weighted by atomic mass is 14.9. The van der Waals surface area contributed by atoms with E-state index in [0.717, 1.165) is 11.8 Å². The molecular formula is C16H25N. The van der Waals surface area contributed by atoms with Gasteiger partial charge in [-0.15, -0.1) is 0 Å². The molecule has 0 amide bonds. The Bertz CT molecular complexity index is 339. The van der Waals surface area contributed by atoms with E-state index in [1.54, 1.807) is 5.56 Å². The highest BCUT2D eigenvalue weighted by Crippen LogP contribution is 2.32. The van der Waals surface area contributed by atoms with Gasteiger partial charge in [0, 0.05) is 0 Å². The second-order valence-corrected chi connectivity index (χ2v) is 5.59. The van der Waals surface area contributed by atoms with Crippen LogP contribution in [-0.2, 0) is 0 Å². The Kier molecular flexibility index (Phi) is 4.22. The van der Waals surface area contributed by atoms with E-state index in [0.29, 0.717) is 5.92 Å². The summed E-state index contributed by atoms with van der Waals surface area (Å²) >= 11 is 0. The second kappa shape index (κ2) is 5.68. The highest BCUT2D eigenvalue weighted by Gasteiger charge is 2.24. The van der Waals surface area contributed by atoms with E-state index in [9.17, 15) is 0 Å². The normalized spacial score (nSPS) is 25.2.